The second-order valence-corrected chi connectivity index (χ2v) is 6.11. The summed E-state index contributed by atoms with van der Waals surface area (Å²) in [4.78, 5) is 9.66. The Bertz CT molecular complexity index is 742. The molecule has 3 aromatic rings. The van der Waals surface area contributed by atoms with Crippen LogP contribution in [0.3, 0.4) is 0 Å². The van der Waals surface area contributed by atoms with Gasteiger partial charge in [0, 0.05) is 9.86 Å². The largest absolute Gasteiger partial charge is 0.226 e. The van der Waals surface area contributed by atoms with E-state index in [1.807, 2.05) is 29.6 Å². The van der Waals surface area contributed by atoms with Crippen molar-refractivity contribution in [2.24, 2.45) is 0 Å². The predicted octanol–water partition coefficient (Wildman–Crippen LogP) is 5.43. The molecule has 0 aliphatic rings. The van der Waals surface area contributed by atoms with Gasteiger partial charge in [-0.3, -0.25) is 0 Å². The van der Waals surface area contributed by atoms with Crippen LogP contribution in [0.5, 0.6) is 0 Å². The molecule has 0 bridgehead atoms. The molecular formula is C12H5BrCl2N2S. The van der Waals surface area contributed by atoms with Crippen molar-refractivity contribution in [3.05, 3.63) is 44.3 Å². The van der Waals surface area contributed by atoms with Crippen LogP contribution in [0.1, 0.15) is 0 Å². The molecule has 0 spiro atoms. The second-order valence-electron chi connectivity index (χ2n) is 3.57. The molecular weight excluding hydrogens is 355 g/mol. The molecule has 2 aromatic heterocycles. The summed E-state index contributed by atoms with van der Waals surface area (Å²) >= 11 is 17.2. The van der Waals surface area contributed by atoms with E-state index in [1.54, 1.807) is 0 Å². The maximum Gasteiger partial charge on any atom is 0.173 e. The zero-order valence-electron chi connectivity index (χ0n) is 8.82. The predicted molar refractivity (Wildman–Crippen MR) is 80.6 cm³/mol. The summed E-state index contributed by atoms with van der Waals surface area (Å²) in [5, 5.41) is 3.80. The molecule has 0 radical (unpaired) electrons. The van der Waals surface area contributed by atoms with Crippen LogP contribution in [0.2, 0.25) is 10.2 Å². The van der Waals surface area contributed by atoms with Crippen molar-refractivity contribution in [1.82, 2.24) is 9.97 Å². The molecule has 0 atom stereocenters. The van der Waals surface area contributed by atoms with Gasteiger partial charge in [-0.1, -0.05) is 29.3 Å². The van der Waals surface area contributed by atoms with Crippen molar-refractivity contribution in [3.8, 4) is 10.7 Å². The Morgan fingerprint density at radius 1 is 1.11 bits per heavy atom. The van der Waals surface area contributed by atoms with Crippen LogP contribution in [0.15, 0.2) is 34.1 Å². The van der Waals surface area contributed by atoms with Gasteiger partial charge in [0.1, 0.15) is 5.15 Å². The normalized spacial score (nSPS) is 11.1. The molecule has 18 heavy (non-hydrogen) atoms. The third-order valence-electron chi connectivity index (χ3n) is 2.45. The number of hydrogen-bond acceptors (Lipinski definition) is 3. The Hall–Kier alpha value is -0.680. The SMILES string of the molecule is Clc1ccsc1-c1nc(Cl)c2cccc(Br)c2n1. The lowest BCUT2D eigenvalue weighted by molar-refractivity contribution is 1.24. The minimum atomic E-state index is 0.431. The van der Waals surface area contributed by atoms with Crippen molar-refractivity contribution in [2.75, 3.05) is 0 Å². The van der Waals surface area contributed by atoms with Crippen LogP contribution in [0.25, 0.3) is 21.6 Å². The fourth-order valence-corrected chi connectivity index (χ4v) is 3.40. The number of aromatic nitrogens is 2. The molecule has 2 heterocycles. The van der Waals surface area contributed by atoms with Crippen molar-refractivity contribution in [1.29, 1.82) is 0 Å². The van der Waals surface area contributed by atoms with Crippen LogP contribution in [-0.2, 0) is 0 Å². The topological polar surface area (TPSA) is 25.8 Å². The standard InChI is InChI=1S/C12H5BrCl2N2S/c13-7-3-1-2-6-9(7)16-12(17-11(6)15)10-8(14)4-5-18-10/h1-5H. The lowest BCUT2D eigenvalue weighted by Gasteiger charge is -2.04. The average Bonchev–Trinajstić information content (AvgIpc) is 2.77. The van der Waals surface area contributed by atoms with E-state index in [9.17, 15) is 0 Å². The first-order valence-corrected chi connectivity index (χ1v) is 7.45. The quantitative estimate of drug-likeness (QED) is 0.541. The number of fused-ring (bicyclic) bond motifs is 1. The zero-order chi connectivity index (χ0) is 12.7. The van der Waals surface area contributed by atoms with E-state index >= 15 is 0 Å². The molecule has 0 amide bonds. The van der Waals surface area contributed by atoms with Crippen LogP contribution in [-0.4, -0.2) is 9.97 Å². The summed E-state index contributed by atoms with van der Waals surface area (Å²) in [6.07, 6.45) is 0. The first kappa shape index (κ1) is 12.4. The van der Waals surface area contributed by atoms with Gasteiger partial charge in [0.25, 0.3) is 0 Å². The molecule has 0 fully saturated rings. The lowest BCUT2D eigenvalue weighted by atomic mass is 10.2. The van der Waals surface area contributed by atoms with Crippen molar-refractivity contribution < 1.29 is 0 Å². The molecule has 90 valence electrons. The van der Waals surface area contributed by atoms with E-state index in [0.717, 1.165) is 20.3 Å². The van der Waals surface area contributed by atoms with Gasteiger partial charge in [0.05, 0.1) is 15.4 Å². The van der Waals surface area contributed by atoms with Crippen LogP contribution in [0, 0.1) is 0 Å². The highest BCUT2D eigenvalue weighted by Crippen LogP contribution is 2.34. The summed E-state index contributed by atoms with van der Waals surface area (Å²) in [6.45, 7) is 0. The van der Waals surface area contributed by atoms with Gasteiger partial charge in [-0.25, -0.2) is 9.97 Å². The van der Waals surface area contributed by atoms with E-state index in [2.05, 4.69) is 25.9 Å². The smallest absolute Gasteiger partial charge is 0.173 e. The molecule has 0 aliphatic heterocycles. The highest BCUT2D eigenvalue weighted by Gasteiger charge is 2.13. The summed E-state index contributed by atoms with van der Waals surface area (Å²) in [6, 6.07) is 7.54. The lowest BCUT2D eigenvalue weighted by Crippen LogP contribution is -1.91. The summed E-state index contributed by atoms with van der Waals surface area (Å²) in [7, 11) is 0. The number of para-hydroxylation sites is 1. The monoisotopic (exact) mass is 358 g/mol. The summed E-state index contributed by atoms with van der Waals surface area (Å²) in [5.41, 5.74) is 0.789. The molecule has 0 aliphatic carbocycles. The highest BCUT2D eigenvalue weighted by molar-refractivity contribution is 9.10. The molecule has 0 saturated carbocycles. The van der Waals surface area contributed by atoms with Gasteiger partial charge < -0.3 is 0 Å². The van der Waals surface area contributed by atoms with Crippen LogP contribution < -0.4 is 0 Å². The second kappa shape index (κ2) is 4.78. The van der Waals surface area contributed by atoms with E-state index in [1.165, 1.54) is 11.3 Å². The number of nitrogens with zero attached hydrogens (tertiary/aromatic N) is 2. The van der Waals surface area contributed by atoms with Gasteiger partial charge >= 0.3 is 0 Å². The van der Waals surface area contributed by atoms with Gasteiger partial charge in [0.15, 0.2) is 5.82 Å². The van der Waals surface area contributed by atoms with Crippen LogP contribution in [0.4, 0.5) is 0 Å². The minimum absolute atomic E-state index is 0.431. The fraction of sp³-hybridized carbons (Fsp3) is 0. The minimum Gasteiger partial charge on any atom is -0.226 e. The first-order chi connectivity index (χ1) is 8.66. The van der Waals surface area contributed by atoms with Gasteiger partial charge in [-0.05, 0) is 39.5 Å². The molecule has 0 unspecified atom stereocenters. The van der Waals surface area contributed by atoms with E-state index in [0.29, 0.717) is 16.0 Å². The Kier molecular flexibility index (Phi) is 3.28. The highest BCUT2D eigenvalue weighted by atomic mass is 79.9. The molecule has 6 heteroatoms. The first-order valence-electron chi connectivity index (χ1n) is 5.02. The molecule has 1 aromatic carbocycles. The van der Waals surface area contributed by atoms with Crippen molar-refractivity contribution in [3.63, 3.8) is 0 Å². The average molecular weight is 360 g/mol. The number of hydrogen-bond donors (Lipinski definition) is 0. The number of thiophene rings is 1. The summed E-state index contributed by atoms with van der Waals surface area (Å²) in [5.74, 6) is 0.555. The number of rotatable bonds is 1. The Balaban J connectivity index is 2.34. The zero-order valence-corrected chi connectivity index (χ0v) is 12.7. The number of halogens is 3. The Morgan fingerprint density at radius 2 is 1.94 bits per heavy atom. The van der Waals surface area contributed by atoms with Crippen molar-refractivity contribution >= 4 is 61.4 Å². The van der Waals surface area contributed by atoms with E-state index in [-0.39, 0.29) is 0 Å². The third kappa shape index (κ3) is 2.03. The fourth-order valence-electron chi connectivity index (χ4n) is 1.63. The van der Waals surface area contributed by atoms with Crippen molar-refractivity contribution in [2.45, 2.75) is 0 Å². The van der Waals surface area contributed by atoms with Gasteiger partial charge in [-0.2, -0.15) is 0 Å². The maximum atomic E-state index is 6.19. The van der Waals surface area contributed by atoms with E-state index < -0.39 is 0 Å². The number of benzene rings is 1. The molecule has 3 rings (SSSR count). The molecule has 0 saturated heterocycles. The van der Waals surface area contributed by atoms with Gasteiger partial charge in [-0.15, -0.1) is 11.3 Å². The molecule has 2 nitrogen and oxygen atoms in total. The summed E-state index contributed by atoms with van der Waals surface area (Å²) < 4.78 is 0.887. The van der Waals surface area contributed by atoms with Gasteiger partial charge in [0.2, 0.25) is 0 Å². The maximum absolute atomic E-state index is 6.19. The van der Waals surface area contributed by atoms with Crippen LogP contribution >= 0.6 is 50.5 Å². The molecule has 0 N–H and O–H groups in total. The van der Waals surface area contributed by atoms with E-state index in [4.69, 9.17) is 23.2 Å². The Morgan fingerprint density at radius 3 is 2.67 bits per heavy atom. The third-order valence-corrected chi connectivity index (χ3v) is 4.72. The Labute approximate surface area is 126 Å².